The number of carbonyl (C=O) groups is 1. The van der Waals surface area contributed by atoms with Crippen molar-refractivity contribution in [2.75, 3.05) is 20.1 Å². The van der Waals surface area contributed by atoms with E-state index in [4.69, 9.17) is 9.15 Å². The van der Waals surface area contributed by atoms with Crippen molar-refractivity contribution in [3.8, 4) is 0 Å². The molecule has 112 valence electrons. The summed E-state index contributed by atoms with van der Waals surface area (Å²) < 4.78 is 10.4. The Balaban J connectivity index is 2.24. The highest BCUT2D eigenvalue weighted by Gasteiger charge is 2.16. The number of hydrogen-bond acceptors (Lipinski definition) is 4. The predicted molar refractivity (Wildman–Crippen MR) is 77.6 cm³/mol. The van der Waals surface area contributed by atoms with E-state index in [9.17, 15) is 4.79 Å². The van der Waals surface area contributed by atoms with Gasteiger partial charge in [0.2, 0.25) is 0 Å². The van der Waals surface area contributed by atoms with Gasteiger partial charge in [0.05, 0.1) is 6.26 Å². The molecular weight excluding hydrogens is 258 g/mol. The average molecular weight is 281 g/mol. The fraction of sp³-hybridized carbons (Fsp3) is 0.571. The fourth-order valence-corrected chi connectivity index (χ4v) is 1.51. The normalized spacial score (nSPS) is 12.1. The minimum atomic E-state index is -0.477. The minimum absolute atomic E-state index is 0.0810. The zero-order chi connectivity index (χ0) is 15.0. The molecule has 1 heterocycles. The Kier molecular flexibility index (Phi) is 6.09. The first-order valence-corrected chi connectivity index (χ1v) is 6.59. The lowest BCUT2D eigenvalue weighted by Crippen LogP contribution is -2.42. The van der Waals surface area contributed by atoms with Crippen LogP contribution in [0.5, 0.6) is 0 Å². The van der Waals surface area contributed by atoms with Crippen LogP contribution in [-0.4, -0.2) is 37.7 Å². The highest BCUT2D eigenvalue weighted by molar-refractivity contribution is 5.84. The van der Waals surface area contributed by atoms with Gasteiger partial charge in [-0.05, 0) is 32.9 Å². The summed E-state index contributed by atoms with van der Waals surface area (Å²) in [4.78, 5) is 15.6. The maximum atomic E-state index is 11.6. The maximum Gasteiger partial charge on any atom is 0.325 e. The number of rotatable bonds is 5. The molecule has 0 saturated carbocycles. The number of nitrogens with zero attached hydrogens (tertiary/aromatic N) is 1. The molecule has 0 spiro atoms. The summed E-state index contributed by atoms with van der Waals surface area (Å²) in [6.07, 6.45) is 2.39. The van der Waals surface area contributed by atoms with Crippen molar-refractivity contribution in [3.05, 3.63) is 24.2 Å². The molecule has 20 heavy (non-hydrogen) atoms. The molecular formula is C14H23N3O3. The summed E-state index contributed by atoms with van der Waals surface area (Å²) in [7, 11) is 1.65. The number of guanidine groups is 1. The molecule has 6 heteroatoms. The third kappa shape index (κ3) is 6.82. The van der Waals surface area contributed by atoms with Crippen molar-refractivity contribution in [1.29, 1.82) is 0 Å². The number of nitrogens with one attached hydrogen (secondary N) is 2. The number of hydrogen-bond donors (Lipinski definition) is 2. The van der Waals surface area contributed by atoms with Gasteiger partial charge in [0.25, 0.3) is 0 Å². The van der Waals surface area contributed by atoms with Gasteiger partial charge in [0, 0.05) is 20.0 Å². The summed E-state index contributed by atoms with van der Waals surface area (Å²) in [5.41, 5.74) is -0.477. The van der Waals surface area contributed by atoms with Gasteiger partial charge in [-0.15, -0.1) is 0 Å². The smallest absolute Gasteiger partial charge is 0.325 e. The van der Waals surface area contributed by atoms with E-state index in [0.717, 1.165) is 12.2 Å². The standard InChI is InChI=1S/C14H23N3O3/c1-14(2,3)20-12(18)10-17-13(15-4)16-8-7-11-6-5-9-19-11/h5-6,9H,7-8,10H2,1-4H3,(H2,15,16,17). The van der Waals surface area contributed by atoms with Crippen LogP contribution in [0.25, 0.3) is 0 Å². The maximum absolute atomic E-state index is 11.6. The third-order valence-electron chi connectivity index (χ3n) is 2.29. The zero-order valence-corrected chi connectivity index (χ0v) is 12.5. The first kappa shape index (κ1) is 16.1. The monoisotopic (exact) mass is 281 g/mol. The minimum Gasteiger partial charge on any atom is -0.469 e. The van der Waals surface area contributed by atoms with E-state index >= 15 is 0 Å². The van der Waals surface area contributed by atoms with Crippen LogP contribution in [0.1, 0.15) is 26.5 Å². The summed E-state index contributed by atoms with van der Waals surface area (Å²) in [6.45, 7) is 6.25. The van der Waals surface area contributed by atoms with Crippen molar-refractivity contribution >= 4 is 11.9 Å². The Morgan fingerprint density at radius 1 is 1.40 bits per heavy atom. The highest BCUT2D eigenvalue weighted by atomic mass is 16.6. The number of esters is 1. The Morgan fingerprint density at radius 3 is 2.70 bits per heavy atom. The summed E-state index contributed by atoms with van der Waals surface area (Å²) >= 11 is 0. The lowest BCUT2D eigenvalue weighted by Gasteiger charge is -2.20. The van der Waals surface area contributed by atoms with Gasteiger partial charge in [0.15, 0.2) is 5.96 Å². The second-order valence-corrected chi connectivity index (χ2v) is 5.27. The molecule has 0 unspecified atom stereocenters. The topological polar surface area (TPSA) is 75.9 Å². The molecule has 0 fully saturated rings. The quantitative estimate of drug-likeness (QED) is 0.484. The molecule has 1 rings (SSSR count). The molecule has 0 bridgehead atoms. The van der Waals surface area contributed by atoms with Crippen molar-refractivity contribution in [2.45, 2.75) is 32.8 Å². The lowest BCUT2D eigenvalue weighted by atomic mass is 10.2. The van der Waals surface area contributed by atoms with Gasteiger partial charge in [-0.1, -0.05) is 0 Å². The van der Waals surface area contributed by atoms with Gasteiger partial charge < -0.3 is 19.8 Å². The van der Waals surface area contributed by atoms with E-state index in [0.29, 0.717) is 12.5 Å². The van der Waals surface area contributed by atoms with Crippen LogP contribution in [0, 0.1) is 0 Å². The molecule has 0 radical (unpaired) electrons. The largest absolute Gasteiger partial charge is 0.469 e. The fourth-order valence-electron chi connectivity index (χ4n) is 1.51. The molecule has 0 amide bonds. The lowest BCUT2D eigenvalue weighted by molar-refractivity contribution is -0.153. The first-order chi connectivity index (χ1) is 9.40. The van der Waals surface area contributed by atoms with Gasteiger partial charge in [-0.25, -0.2) is 0 Å². The van der Waals surface area contributed by atoms with Crippen molar-refractivity contribution in [3.63, 3.8) is 0 Å². The number of ether oxygens (including phenoxy) is 1. The van der Waals surface area contributed by atoms with Crippen LogP contribution in [0.2, 0.25) is 0 Å². The second-order valence-electron chi connectivity index (χ2n) is 5.27. The Labute approximate surface area is 119 Å². The molecule has 0 aliphatic carbocycles. The van der Waals surface area contributed by atoms with Gasteiger partial charge in [-0.3, -0.25) is 9.79 Å². The zero-order valence-electron chi connectivity index (χ0n) is 12.5. The number of furan rings is 1. The summed E-state index contributed by atoms with van der Waals surface area (Å²) in [5, 5.41) is 6.00. The van der Waals surface area contributed by atoms with Crippen LogP contribution in [0.15, 0.2) is 27.8 Å². The molecule has 0 aliphatic heterocycles. The molecule has 6 nitrogen and oxygen atoms in total. The molecule has 0 aliphatic rings. The highest BCUT2D eigenvalue weighted by Crippen LogP contribution is 2.06. The van der Waals surface area contributed by atoms with E-state index < -0.39 is 5.60 Å². The van der Waals surface area contributed by atoms with E-state index in [1.807, 2.05) is 32.9 Å². The van der Waals surface area contributed by atoms with E-state index in [2.05, 4.69) is 15.6 Å². The van der Waals surface area contributed by atoms with Crippen LogP contribution < -0.4 is 10.6 Å². The van der Waals surface area contributed by atoms with Crippen molar-refractivity contribution < 1.29 is 13.9 Å². The molecule has 0 aromatic carbocycles. The molecule has 2 N–H and O–H groups in total. The van der Waals surface area contributed by atoms with Crippen LogP contribution >= 0.6 is 0 Å². The first-order valence-electron chi connectivity index (χ1n) is 6.59. The number of carbonyl (C=O) groups excluding carboxylic acids is 1. The van der Waals surface area contributed by atoms with Crippen LogP contribution in [-0.2, 0) is 16.0 Å². The molecule has 1 aromatic rings. The van der Waals surface area contributed by atoms with E-state index in [1.54, 1.807) is 13.3 Å². The molecule has 0 saturated heterocycles. The summed E-state index contributed by atoms with van der Waals surface area (Å²) in [5.74, 6) is 1.15. The molecule has 0 atom stereocenters. The Bertz CT molecular complexity index is 433. The average Bonchev–Trinajstić information content (AvgIpc) is 2.84. The van der Waals surface area contributed by atoms with Crippen LogP contribution in [0.4, 0.5) is 0 Å². The summed E-state index contributed by atoms with van der Waals surface area (Å²) in [6, 6.07) is 3.77. The predicted octanol–water partition coefficient (Wildman–Crippen LogP) is 1.33. The van der Waals surface area contributed by atoms with Gasteiger partial charge >= 0.3 is 5.97 Å². The Morgan fingerprint density at radius 2 is 2.15 bits per heavy atom. The van der Waals surface area contributed by atoms with Crippen molar-refractivity contribution in [2.24, 2.45) is 4.99 Å². The molecule has 1 aromatic heterocycles. The second kappa shape index (κ2) is 7.57. The SMILES string of the molecule is CN=C(NCCc1ccco1)NCC(=O)OC(C)(C)C. The third-order valence-corrected chi connectivity index (χ3v) is 2.29. The van der Waals surface area contributed by atoms with Gasteiger partial charge in [-0.2, -0.15) is 0 Å². The Hall–Kier alpha value is -1.98. The van der Waals surface area contributed by atoms with Crippen molar-refractivity contribution in [1.82, 2.24) is 10.6 Å². The van der Waals surface area contributed by atoms with E-state index in [1.165, 1.54) is 0 Å². The van der Waals surface area contributed by atoms with Crippen LogP contribution in [0.3, 0.4) is 0 Å². The number of aliphatic imine (C=N–C) groups is 1. The van der Waals surface area contributed by atoms with Gasteiger partial charge in [0.1, 0.15) is 17.9 Å². The van der Waals surface area contributed by atoms with E-state index in [-0.39, 0.29) is 12.5 Å².